The minimum Gasteiger partial charge on any atom is -0.489 e. The third kappa shape index (κ3) is 7.56. The van der Waals surface area contributed by atoms with Gasteiger partial charge in [-0.2, -0.15) is 10.2 Å². The van der Waals surface area contributed by atoms with Gasteiger partial charge in [0.2, 0.25) is 0 Å². The van der Waals surface area contributed by atoms with Crippen LogP contribution in [0.1, 0.15) is 31.8 Å². The number of hydrazone groups is 2. The van der Waals surface area contributed by atoms with Gasteiger partial charge in [0.15, 0.2) is 0 Å². The number of nitrogens with zero attached hydrogens (tertiary/aromatic N) is 4. The lowest BCUT2D eigenvalue weighted by molar-refractivity contribution is 0.0947. The monoisotopic (exact) mass is 508 g/mol. The highest BCUT2D eigenvalue weighted by Gasteiger charge is 2.06. The van der Waals surface area contributed by atoms with Gasteiger partial charge in [-0.3, -0.25) is 19.6 Å². The van der Waals surface area contributed by atoms with E-state index in [1.54, 1.807) is 36.4 Å². The standard InChI is InChI=1S/C28H24N6O4/c35-27(21-9-13-29-14-10-21)33-31-19-23-5-1-3-7-25(23)37-17-18-38-26-8-4-2-6-24(26)20-32-34-28(36)22-11-15-30-16-12-22/h1-16,19-20H,17-18H2,(H,33,35)(H,34,36)/b31-19+,32-20+. The molecule has 0 aliphatic carbocycles. The SMILES string of the molecule is O=C(N/N=C/c1ccccc1OCCOc1ccccc1/C=N/NC(=O)c1ccncc1)c1ccncc1. The normalized spacial score (nSPS) is 10.8. The Balaban J connectivity index is 1.27. The van der Waals surface area contributed by atoms with E-state index in [1.165, 1.54) is 37.2 Å². The van der Waals surface area contributed by atoms with Gasteiger partial charge >= 0.3 is 0 Å². The van der Waals surface area contributed by atoms with Gasteiger partial charge in [0.25, 0.3) is 11.8 Å². The number of para-hydroxylation sites is 2. The molecule has 2 N–H and O–H groups in total. The van der Waals surface area contributed by atoms with Gasteiger partial charge in [0.1, 0.15) is 24.7 Å². The van der Waals surface area contributed by atoms with Crippen LogP contribution in [0.5, 0.6) is 11.5 Å². The maximum atomic E-state index is 12.1. The molecule has 2 aromatic carbocycles. The smallest absolute Gasteiger partial charge is 0.271 e. The maximum absolute atomic E-state index is 12.1. The molecule has 0 atom stereocenters. The third-order valence-corrected chi connectivity index (χ3v) is 5.06. The highest BCUT2D eigenvalue weighted by Crippen LogP contribution is 2.18. The van der Waals surface area contributed by atoms with Gasteiger partial charge in [0.05, 0.1) is 12.4 Å². The molecule has 4 rings (SSSR count). The van der Waals surface area contributed by atoms with E-state index < -0.39 is 0 Å². The molecule has 0 spiro atoms. The van der Waals surface area contributed by atoms with Crippen LogP contribution >= 0.6 is 0 Å². The van der Waals surface area contributed by atoms with Crippen molar-refractivity contribution in [1.82, 2.24) is 20.8 Å². The first-order valence-corrected chi connectivity index (χ1v) is 11.6. The van der Waals surface area contributed by atoms with Crippen molar-refractivity contribution in [2.24, 2.45) is 10.2 Å². The van der Waals surface area contributed by atoms with Crippen LogP contribution in [0.15, 0.2) is 108 Å². The molecule has 0 aliphatic rings. The molecule has 0 radical (unpaired) electrons. The fourth-order valence-electron chi connectivity index (χ4n) is 3.20. The number of nitrogens with one attached hydrogen (secondary N) is 2. The predicted molar refractivity (Wildman–Crippen MR) is 142 cm³/mol. The lowest BCUT2D eigenvalue weighted by atomic mass is 10.2. The van der Waals surface area contributed by atoms with Crippen molar-refractivity contribution in [2.75, 3.05) is 13.2 Å². The summed E-state index contributed by atoms with van der Waals surface area (Å²) in [5, 5.41) is 8.04. The second-order valence-electron chi connectivity index (χ2n) is 7.64. The molecule has 0 aliphatic heterocycles. The quantitative estimate of drug-likeness (QED) is 0.181. The van der Waals surface area contributed by atoms with Gasteiger partial charge in [-0.1, -0.05) is 24.3 Å². The molecule has 0 saturated carbocycles. The van der Waals surface area contributed by atoms with E-state index in [0.717, 1.165) is 0 Å². The van der Waals surface area contributed by atoms with Crippen LogP contribution in [-0.2, 0) is 0 Å². The number of pyridine rings is 2. The number of ether oxygens (including phenoxy) is 2. The number of rotatable bonds is 11. The zero-order valence-corrected chi connectivity index (χ0v) is 20.2. The third-order valence-electron chi connectivity index (χ3n) is 5.06. The van der Waals surface area contributed by atoms with Crippen LogP contribution in [0, 0.1) is 0 Å². The molecule has 0 bridgehead atoms. The van der Waals surface area contributed by atoms with Crippen molar-refractivity contribution in [1.29, 1.82) is 0 Å². The van der Waals surface area contributed by atoms with Crippen molar-refractivity contribution in [2.45, 2.75) is 0 Å². The van der Waals surface area contributed by atoms with E-state index in [9.17, 15) is 9.59 Å². The fraction of sp³-hybridized carbons (Fsp3) is 0.0714. The van der Waals surface area contributed by atoms with Crippen molar-refractivity contribution >= 4 is 24.2 Å². The number of hydrogen-bond acceptors (Lipinski definition) is 8. The summed E-state index contributed by atoms with van der Waals surface area (Å²) in [5.74, 6) is 0.502. The first-order chi connectivity index (χ1) is 18.7. The van der Waals surface area contributed by atoms with E-state index in [1.807, 2.05) is 36.4 Å². The fourth-order valence-corrected chi connectivity index (χ4v) is 3.20. The summed E-state index contributed by atoms with van der Waals surface area (Å²) >= 11 is 0. The van der Waals surface area contributed by atoms with Crippen LogP contribution < -0.4 is 20.3 Å². The minimum absolute atomic E-state index is 0.262. The lowest BCUT2D eigenvalue weighted by Crippen LogP contribution is -2.17. The summed E-state index contributed by atoms with van der Waals surface area (Å²) < 4.78 is 11.7. The van der Waals surface area contributed by atoms with E-state index in [-0.39, 0.29) is 25.0 Å². The van der Waals surface area contributed by atoms with Gasteiger partial charge in [-0.15, -0.1) is 0 Å². The molecule has 2 amide bonds. The van der Waals surface area contributed by atoms with Gasteiger partial charge in [-0.25, -0.2) is 10.9 Å². The summed E-state index contributed by atoms with van der Waals surface area (Å²) in [5.41, 5.74) is 7.27. The van der Waals surface area contributed by atoms with Crippen molar-refractivity contribution in [3.63, 3.8) is 0 Å². The molecule has 2 aromatic heterocycles. The molecule has 2 heterocycles. The largest absolute Gasteiger partial charge is 0.489 e. The zero-order chi connectivity index (χ0) is 26.4. The average Bonchev–Trinajstić information content (AvgIpc) is 2.97. The first kappa shape index (κ1) is 25.7. The Morgan fingerprint density at radius 1 is 0.632 bits per heavy atom. The Kier molecular flexibility index (Phi) is 9.23. The summed E-state index contributed by atoms with van der Waals surface area (Å²) in [4.78, 5) is 32.0. The molecular formula is C28H24N6O4. The topological polar surface area (TPSA) is 127 Å². The lowest BCUT2D eigenvalue weighted by Gasteiger charge is -2.11. The van der Waals surface area contributed by atoms with Crippen molar-refractivity contribution < 1.29 is 19.1 Å². The molecule has 4 aromatic rings. The molecular weight excluding hydrogens is 484 g/mol. The zero-order valence-electron chi connectivity index (χ0n) is 20.2. The Morgan fingerprint density at radius 2 is 1.03 bits per heavy atom. The summed E-state index contributed by atoms with van der Waals surface area (Å²) in [6, 6.07) is 21.0. The van der Waals surface area contributed by atoms with Crippen LogP contribution in [0.4, 0.5) is 0 Å². The average molecular weight is 509 g/mol. The number of benzene rings is 2. The number of carbonyl (C=O) groups excluding carboxylic acids is 2. The van der Waals surface area contributed by atoms with E-state index >= 15 is 0 Å². The number of hydrogen-bond donors (Lipinski definition) is 2. The van der Waals surface area contributed by atoms with Crippen molar-refractivity contribution in [3.8, 4) is 11.5 Å². The van der Waals surface area contributed by atoms with E-state index in [4.69, 9.17) is 9.47 Å². The Morgan fingerprint density at radius 3 is 1.45 bits per heavy atom. The summed E-state index contributed by atoms with van der Waals surface area (Å²) in [6.07, 6.45) is 9.19. The highest BCUT2D eigenvalue weighted by atomic mass is 16.5. The number of amides is 2. The minimum atomic E-state index is -0.338. The molecule has 38 heavy (non-hydrogen) atoms. The highest BCUT2D eigenvalue weighted by molar-refractivity contribution is 5.95. The van der Waals surface area contributed by atoms with Crippen LogP contribution in [0.25, 0.3) is 0 Å². The molecule has 10 heteroatoms. The van der Waals surface area contributed by atoms with Gasteiger partial charge < -0.3 is 9.47 Å². The van der Waals surface area contributed by atoms with E-state index in [0.29, 0.717) is 33.8 Å². The van der Waals surface area contributed by atoms with Crippen LogP contribution in [0.3, 0.4) is 0 Å². The van der Waals surface area contributed by atoms with Crippen LogP contribution in [0.2, 0.25) is 0 Å². The maximum Gasteiger partial charge on any atom is 0.271 e. The summed E-state index contributed by atoms with van der Waals surface area (Å²) in [7, 11) is 0. The molecule has 0 fully saturated rings. The predicted octanol–water partition coefficient (Wildman–Crippen LogP) is 3.46. The van der Waals surface area contributed by atoms with Crippen molar-refractivity contribution in [3.05, 3.63) is 120 Å². The molecule has 0 saturated heterocycles. The Labute approximate surface area is 219 Å². The van der Waals surface area contributed by atoms with E-state index in [2.05, 4.69) is 31.0 Å². The number of aromatic nitrogens is 2. The molecule has 10 nitrogen and oxygen atoms in total. The van der Waals surface area contributed by atoms with Gasteiger partial charge in [0, 0.05) is 47.0 Å². The Bertz CT molecular complexity index is 1300. The van der Waals surface area contributed by atoms with Gasteiger partial charge in [-0.05, 0) is 48.5 Å². The molecule has 0 unspecified atom stereocenters. The second-order valence-corrected chi connectivity index (χ2v) is 7.64. The number of carbonyl (C=O) groups is 2. The second kappa shape index (κ2) is 13.6. The Hall–Kier alpha value is -5.38. The summed E-state index contributed by atoms with van der Waals surface area (Å²) in [6.45, 7) is 0.525. The van der Waals surface area contributed by atoms with Crippen LogP contribution in [-0.4, -0.2) is 47.4 Å². The molecule has 190 valence electrons. The first-order valence-electron chi connectivity index (χ1n) is 11.6.